The molecule has 1 saturated heterocycles. The molecule has 2 amide bonds. The summed E-state index contributed by atoms with van der Waals surface area (Å²) in [4.78, 5) is 25.7. The molecule has 30 heavy (non-hydrogen) atoms. The van der Waals surface area contributed by atoms with E-state index in [1.165, 1.54) is 0 Å². The zero-order valence-electron chi connectivity index (χ0n) is 18.6. The molecule has 5 N–H and O–H groups in total. The minimum atomic E-state index is -3.91. The van der Waals surface area contributed by atoms with Crippen molar-refractivity contribution in [3.05, 3.63) is 11.6 Å². The van der Waals surface area contributed by atoms with Gasteiger partial charge in [-0.25, -0.2) is 19.7 Å². The van der Waals surface area contributed by atoms with E-state index in [4.69, 9.17) is 10.6 Å². The van der Waals surface area contributed by atoms with Gasteiger partial charge in [-0.3, -0.25) is 20.2 Å². The summed E-state index contributed by atoms with van der Waals surface area (Å²) < 4.78 is 30.3. The lowest BCUT2D eigenvalue weighted by molar-refractivity contribution is -0.142. The first-order valence-electron chi connectivity index (χ1n) is 10.3. The maximum absolute atomic E-state index is 13.3. The van der Waals surface area contributed by atoms with Gasteiger partial charge >= 0.3 is 0 Å². The highest BCUT2D eigenvalue weighted by atomic mass is 32.2. The van der Waals surface area contributed by atoms with Crippen LogP contribution in [-0.4, -0.2) is 49.7 Å². The van der Waals surface area contributed by atoms with Crippen molar-refractivity contribution in [2.45, 2.75) is 58.1 Å². The molecule has 0 spiro atoms. The molecular weight excluding hydrogens is 410 g/mol. The zero-order valence-corrected chi connectivity index (χ0v) is 19.4. The van der Waals surface area contributed by atoms with Crippen LogP contribution in [0.15, 0.2) is 11.6 Å². The number of hydroxylamine groups is 1. The normalized spacial score (nSPS) is 19.2. The van der Waals surface area contributed by atoms with Crippen molar-refractivity contribution in [1.29, 1.82) is 0 Å². The van der Waals surface area contributed by atoms with E-state index in [2.05, 4.69) is 5.43 Å². The molecule has 10 heteroatoms. The summed E-state index contributed by atoms with van der Waals surface area (Å²) >= 11 is 0. The van der Waals surface area contributed by atoms with Crippen molar-refractivity contribution in [1.82, 2.24) is 10.9 Å². The van der Waals surface area contributed by atoms with Crippen molar-refractivity contribution < 1.29 is 28.0 Å². The first kappa shape index (κ1) is 26.5. The molecule has 1 unspecified atom stereocenters. The molecule has 0 radical (unpaired) electrons. The van der Waals surface area contributed by atoms with Gasteiger partial charge < -0.3 is 4.74 Å². The predicted octanol–water partition coefficient (Wildman–Crippen LogP) is 1.33. The van der Waals surface area contributed by atoms with Crippen LogP contribution in [0.5, 0.6) is 0 Å². The highest BCUT2D eigenvalue weighted by Gasteiger charge is 2.54. The van der Waals surface area contributed by atoms with E-state index < -0.39 is 38.2 Å². The maximum atomic E-state index is 13.3. The number of nitrogens with two attached hydrogens (primary N) is 1. The molecule has 0 saturated carbocycles. The van der Waals surface area contributed by atoms with Gasteiger partial charge in [0.1, 0.15) is 4.75 Å². The van der Waals surface area contributed by atoms with E-state index in [1.807, 2.05) is 27.7 Å². The van der Waals surface area contributed by atoms with Crippen LogP contribution in [0.2, 0.25) is 0 Å². The van der Waals surface area contributed by atoms with Gasteiger partial charge in [0.25, 0.3) is 0 Å². The van der Waals surface area contributed by atoms with Crippen molar-refractivity contribution in [3.8, 4) is 0 Å². The number of hydrogen-bond acceptors (Lipinski definition) is 7. The van der Waals surface area contributed by atoms with Gasteiger partial charge in [0.2, 0.25) is 11.8 Å². The third kappa shape index (κ3) is 6.50. The number of amides is 2. The summed E-state index contributed by atoms with van der Waals surface area (Å²) in [5, 5.41) is 9.51. The van der Waals surface area contributed by atoms with Crippen LogP contribution in [0.4, 0.5) is 0 Å². The molecule has 1 aliphatic heterocycles. The van der Waals surface area contributed by atoms with Crippen LogP contribution in [0, 0.1) is 23.7 Å². The molecule has 0 aromatic rings. The molecule has 0 bridgehead atoms. The molecule has 9 nitrogen and oxygen atoms in total. The summed E-state index contributed by atoms with van der Waals surface area (Å²) in [5.74, 6) is 1.30. The standard InChI is InChI=1S/C20H37N3O6S/c1-13(2)10-16(18(24)22-21)17(19(25)23-26)20(11-14(3)4,30(5,27)28)12-15-6-8-29-9-7-15/h12-14,16-17,26H,6-11,21H2,1-5H3,(H,22,24)(H,23,25)/t16-,17+,20?/m1/s1. The van der Waals surface area contributed by atoms with Crippen molar-refractivity contribution in [3.63, 3.8) is 0 Å². The van der Waals surface area contributed by atoms with Gasteiger partial charge in [0.15, 0.2) is 9.84 Å². The van der Waals surface area contributed by atoms with E-state index in [-0.39, 0.29) is 24.7 Å². The third-order valence-corrected chi connectivity index (χ3v) is 7.45. The Bertz CT molecular complexity index is 727. The second-order valence-electron chi connectivity index (χ2n) is 8.94. The fourth-order valence-corrected chi connectivity index (χ4v) is 6.10. The van der Waals surface area contributed by atoms with Crippen molar-refractivity contribution >= 4 is 21.7 Å². The SMILES string of the molecule is CC(C)C[C@@H](C(=O)NN)[C@@H](C(=O)NO)C(C=C1CCOCC1)(CC(C)C)S(C)(=O)=O. The Morgan fingerprint density at radius 1 is 1.17 bits per heavy atom. The first-order chi connectivity index (χ1) is 13.9. The average Bonchev–Trinajstić information content (AvgIpc) is 2.65. The highest BCUT2D eigenvalue weighted by molar-refractivity contribution is 7.92. The van der Waals surface area contributed by atoms with Crippen molar-refractivity contribution in [2.75, 3.05) is 19.5 Å². The van der Waals surface area contributed by atoms with Crippen LogP contribution < -0.4 is 16.7 Å². The third-order valence-electron chi connectivity index (χ3n) is 5.53. The molecule has 1 rings (SSSR count). The first-order valence-corrected chi connectivity index (χ1v) is 12.2. The Morgan fingerprint density at radius 2 is 1.73 bits per heavy atom. The Morgan fingerprint density at radius 3 is 2.13 bits per heavy atom. The topological polar surface area (TPSA) is 148 Å². The van der Waals surface area contributed by atoms with Crippen LogP contribution >= 0.6 is 0 Å². The predicted molar refractivity (Wildman–Crippen MR) is 114 cm³/mol. The number of rotatable bonds is 10. The van der Waals surface area contributed by atoms with Gasteiger partial charge in [-0.05, 0) is 37.5 Å². The lowest BCUT2D eigenvalue weighted by atomic mass is 9.72. The summed E-state index contributed by atoms with van der Waals surface area (Å²) in [6.45, 7) is 8.37. The van der Waals surface area contributed by atoms with Crippen LogP contribution in [0.3, 0.4) is 0 Å². The Kier molecular flexibility index (Phi) is 9.93. The van der Waals surface area contributed by atoms with E-state index >= 15 is 0 Å². The van der Waals surface area contributed by atoms with Gasteiger partial charge in [-0.15, -0.1) is 0 Å². The fourth-order valence-electron chi connectivity index (χ4n) is 4.35. The Hall–Kier alpha value is -1.49. The lowest BCUT2D eigenvalue weighted by Gasteiger charge is -2.41. The maximum Gasteiger partial charge on any atom is 0.249 e. The second kappa shape index (κ2) is 11.2. The Labute approximate surface area is 179 Å². The van der Waals surface area contributed by atoms with Gasteiger partial charge in [0, 0.05) is 6.26 Å². The van der Waals surface area contributed by atoms with Gasteiger partial charge in [0.05, 0.1) is 25.0 Å². The molecule has 1 aliphatic rings. The number of hydrogen-bond donors (Lipinski definition) is 4. The summed E-state index contributed by atoms with van der Waals surface area (Å²) in [6, 6.07) is 0. The van der Waals surface area contributed by atoms with E-state index in [9.17, 15) is 23.2 Å². The van der Waals surface area contributed by atoms with Gasteiger partial charge in [-0.1, -0.05) is 39.3 Å². The minimum absolute atomic E-state index is 0.0201. The quantitative estimate of drug-likeness (QED) is 0.130. The van der Waals surface area contributed by atoms with E-state index in [0.29, 0.717) is 26.1 Å². The Balaban J connectivity index is 3.85. The summed E-state index contributed by atoms with van der Waals surface area (Å²) in [5.41, 5.74) is 4.54. The van der Waals surface area contributed by atoms with Crippen LogP contribution in [0.25, 0.3) is 0 Å². The molecule has 0 aliphatic carbocycles. The molecule has 0 aromatic heterocycles. The second-order valence-corrected chi connectivity index (χ2v) is 11.2. The van der Waals surface area contributed by atoms with Crippen LogP contribution in [-0.2, 0) is 24.2 Å². The molecule has 1 fully saturated rings. The molecule has 1 heterocycles. The number of carbonyl (C=O) groups is 2. The molecular formula is C20H37N3O6S. The van der Waals surface area contributed by atoms with E-state index in [1.54, 1.807) is 11.6 Å². The number of nitrogens with one attached hydrogen (secondary N) is 2. The average molecular weight is 448 g/mol. The summed E-state index contributed by atoms with van der Waals surface area (Å²) in [6.07, 6.45) is 4.14. The van der Waals surface area contributed by atoms with E-state index in [0.717, 1.165) is 11.8 Å². The number of hydrazine groups is 1. The highest BCUT2D eigenvalue weighted by Crippen LogP contribution is 2.43. The lowest BCUT2D eigenvalue weighted by Crippen LogP contribution is -2.57. The minimum Gasteiger partial charge on any atom is -0.381 e. The monoisotopic (exact) mass is 447 g/mol. The fraction of sp³-hybridized carbons (Fsp3) is 0.800. The van der Waals surface area contributed by atoms with Crippen LogP contribution in [0.1, 0.15) is 53.4 Å². The number of sulfone groups is 1. The molecule has 0 aromatic carbocycles. The molecule has 3 atom stereocenters. The number of ether oxygens (including phenoxy) is 1. The number of carbonyl (C=O) groups excluding carboxylic acids is 2. The largest absolute Gasteiger partial charge is 0.381 e. The zero-order chi connectivity index (χ0) is 23.1. The van der Waals surface area contributed by atoms with Gasteiger partial charge in [-0.2, -0.15) is 0 Å². The van der Waals surface area contributed by atoms with Crippen molar-refractivity contribution in [2.24, 2.45) is 29.5 Å². The smallest absolute Gasteiger partial charge is 0.249 e. The molecule has 174 valence electrons. The summed E-state index contributed by atoms with van der Waals surface area (Å²) in [7, 11) is -3.91.